The molecule has 0 atom stereocenters. The lowest BCUT2D eigenvalue weighted by Crippen LogP contribution is -2.27. The zero-order valence-electron chi connectivity index (χ0n) is 11.3. The number of hydrogen-bond donors (Lipinski definition) is 1. The number of carbonyl (C=O) groups is 2. The molecule has 0 aliphatic heterocycles. The fraction of sp³-hybridized carbons (Fsp3) is 0.545. The normalized spacial score (nSPS) is 11.4. The van der Waals surface area contributed by atoms with Gasteiger partial charge in [0, 0.05) is 13.1 Å². The van der Waals surface area contributed by atoms with Crippen LogP contribution < -0.4 is 0 Å². The molecule has 8 heteroatoms. The van der Waals surface area contributed by atoms with Crippen LogP contribution in [0.4, 0.5) is 0 Å². The SMILES string of the molecule is CCN(CC)C(=S)S/C(C(=O)OC)=C(\S)C(=O)OC. The molecule has 108 valence electrons. The Morgan fingerprint density at radius 1 is 1.16 bits per heavy atom. The molecule has 0 saturated heterocycles. The highest BCUT2D eigenvalue weighted by molar-refractivity contribution is 8.26. The Morgan fingerprint density at radius 2 is 1.63 bits per heavy atom. The van der Waals surface area contributed by atoms with Crippen LogP contribution in [-0.4, -0.2) is 48.5 Å². The van der Waals surface area contributed by atoms with Crippen molar-refractivity contribution in [3.63, 3.8) is 0 Å². The summed E-state index contributed by atoms with van der Waals surface area (Å²) in [4.78, 5) is 24.9. The summed E-state index contributed by atoms with van der Waals surface area (Å²) >= 11 is 10.2. The van der Waals surface area contributed by atoms with Crippen molar-refractivity contribution in [1.82, 2.24) is 4.90 Å². The molecule has 0 aromatic heterocycles. The second-order valence-corrected chi connectivity index (χ2v) is 5.29. The van der Waals surface area contributed by atoms with Crippen molar-refractivity contribution in [3.05, 3.63) is 9.81 Å². The van der Waals surface area contributed by atoms with E-state index in [-0.39, 0.29) is 9.81 Å². The number of thiocarbonyl (C=S) groups is 1. The van der Waals surface area contributed by atoms with Gasteiger partial charge in [0.25, 0.3) is 0 Å². The van der Waals surface area contributed by atoms with Crippen LogP contribution in [0.5, 0.6) is 0 Å². The van der Waals surface area contributed by atoms with E-state index < -0.39 is 11.9 Å². The molecule has 5 nitrogen and oxygen atoms in total. The Bertz CT molecular complexity index is 391. The Balaban J connectivity index is 5.26. The molecule has 0 rings (SSSR count). The maximum atomic E-state index is 11.7. The third kappa shape index (κ3) is 5.42. The molecule has 0 aromatic rings. The van der Waals surface area contributed by atoms with E-state index in [0.29, 0.717) is 17.4 Å². The molecule has 0 radical (unpaired) electrons. The molecular formula is C11H17NO4S3. The van der Waals surface area contributed by atoms with Crippen molar-refractivity contribution in [2.75, 3.05) is 27.3 Å². The summed E-state index contributed by atoms with van der Waals surface area (Å²) in [6.45, 7) is 5.30. The number of rotatable bonds is 5. The highest BCUT2D eigenvalue weighted by atomic mass is 32.2. The van der Waals surface area contributed by atoms with Crippen molar-refractivity contribution < 1.29 is 19.1 Å². The van der Waals surface area contributed by atoms with E-state index in [1.807, 2.05) is 18.7 Å². The van der Waals surface area contributed by atoms with Gasteiger partial charge in [0.2, 0.25) is 0 Å². The van der Waals surface area contributed by atoms with Crippen LogP contribution in [0, 0.1) is 0 Å². The van der Waals surface area contributed by atoms with Gasteiger partial charge in [-0.1, -0.05) is 24.0 Å². The number of thiol groups is 1. The number of hydrogen-bond acceptors (Lipinski definition) is 7. The zero-order valence-corrected chi connectivity index (χ0v) is 13.8. The van der Waals surface area contributed by atoms with Gasteiger partial charge in [-0.2, -0.15) is 0 Å². The Morgan fingerprint density at radius 3 is 2.00 bits per heavy atom. The topological polar surface area (TPSA) is 55.8 Å². The number of nitrogens with zero attached hydrogens (tertiary/aromatic N) is 1. The van der Waals surface area contributed by atoms with E-state index in [4.69, 9.17) is 12.2 Å². The quantitative estimate of drug-likeness (QED) is 0.358. The van der Waals surface area contributed by atoms with Gasteiger partial charge in [-0.15, -0.1) is 12.6 Å². The van der Waals surface area contributed by atoms with Gasteiger partial charge in [0.15, 0.2) is 0 Å². The van der Waals surface area contributed by atoms with Crippen LogP contribution in [-0.2, 0) is 19.1 Å². The van der Waals surface area contributed by atoms with E-state index >= 15 is 0 Å². The average Bonchev–Trinajstić information content (AvgIpc) is 2.43. The molecule has 0 heterocycles. The van der Waals surface area contributed by atoms with E-state index in [0.717, 1.165) is 11.8 Å². The van der Waals surface area contributed by atoms with Gasteiger partial charge in [-0.25, -0.2) is 9.59 Å². The second kappa shape index (κ2) is 9.22. The van der Waals surface area contributed by atoms with Gasteiger partial charge >= 0.3 is 11.9 Å². The highest BCUT2D eigenvalue weighted by Gasteiger charge is 2.23. The minimum atomic E-state index is -0.710. The summed E-state index contributed by atoms with van der Waals surface area (Å²) in [5.41, 5.74) is 0. The summed E-state index contributed by atoms with van der Waals surface area (Å²) in [6.07, 6.45) is 0. The molecule has 0 spiro atoms. The first-order valence-corrected chi connectivity index (χ1v) is 7.16. The van der Waals surface area contributed by atoms with Crippen molar-refractivity contribution in [3.8, 4) is 0 Å². The molecule has 0 saturated carbocycles. The molecule has 0 aromatic carbocycles. The maximum Gasteiger partial charge on any atom is 0.346 e. The summed E-state index contributed by atoms with van der Waals surface area (Å²) in [5.74, 6) is -1.38. The van der Waals surface area contributed by atoms with Crippen molar-refractivity contribution in [2.45, 2.75) is 13.8 Å². The Hall–Kier alpha value is -0.730. The minimum Gasteiger partial charge on any atom is -0.465 e. The van der Waals surface area contributed by atoms with Gasteiger partial charge in [-0.05, 0) is 13.8 Å². The Kier molecular flexibility index (Phi) is 8.86. The van der Waals surface area contributed by atoms with Crippen LogP contribution >= 0.6 is 36.6 Å². The van der Waals surface area contributed by atoms with Crippen LogP contribution in [0.3, 0.4) is 0 Å². The monoisotopic (exact) mass is 323 g/mol. The van der Waals surface area contributed by atoms with Crippen LogP contribution in [0.1, 0.15) is 13.8 Å². The van der Waals surface area contributed by atoms with Crippen LogP contribution in [0.2, 0.25) is 0 Å². The summed E-state index contributed by atoms with van der Waals surface area (Å²) in [7, 11) is 2.43. The predicted octanol–water partition coefficient (Wildman–Crippen LogP) is 1.83. The van der Waals surface area contributed by atoms with Gasteiger partial charge in [0.1, 0.15) is 14.1 Å². The minimum absolute atomic E-state index is 0.0228. The number of esters is 2. The van der Waals surface area contributed by atoms with E-state index in [9.17, 15) is 9.59 Å². The summed E-state index contributed by atoms with van der Waals surface area (Å²) in [6, 6.07) is 0. The third-order valence-electron chi connectivity index (χ3n) is 2.18. The summed E-state index contributed by atoms with van der Waals surface area (Å²) < 4.78 is 9.63. The van der Waals surface area contributed by atoms with Gasteiger partial charge in [0.05, 0.1) is 14.2 Å². The standard InChI is InChI=1S/C11H17NO4S3/c1-5-12(6-2)11(18)19-8(10(14)16-4)7(17)9(13)15-3/h17H,5-6H2,1-4H3/b8-7-. The van der Waals surface area contributed by atoms with Crippen LogP contribution in [0.15, 0.2) is 9.81 Å². The predicted molar refractivity (Wildman–Crippen MR) is 83.2 cm³/mol. The molecule has 0 aliphatic carbocycles. The van der Waals surface area contributed by atoms with E-state index in [2.05, 4.69) is 22.1 Å². The van der Waals surface area contributed by atoms with Crippen molar-refractivity contribution >= 4 is 52.9 Å². The summed E-state index contributed by atoms with van der Waals surface area (Å²) in [5, 5.41) is 0. The van der Waals surface area contributed by atoms with E-state index in [1.54, 1.807) is 0 Å². The Labute approximate surface area is 128 Å². The lowest BCUT2D eigenvalue weighted by atomic mass is 10.5. The molecule has 0 bridgehead atoms. The molecule has 0 N–H and O–H groups in total. The number of thioether (sulfide) groups is 1. The number of ether oxygens (including phenoxy) is 2. The first-order valence-electron chi connectivity index (χ1n) is 5.49. The first-order chi connectivity index (χ1) is 8.92. The van der Waals surface area contributed by atoms with Crippen molar-refractivity contribution in [2.24, 2.45) is 0 Å². The van der Waals surface area contributed by atoms with Gasteiger partial charge in [-0.3, -0.25) is 0 Å². The van der Waals surface area contributed by atoms with Crippen LogP contribution in [0.25, 0.3) is 0 Å². The molecule has 19 heavy (non-hydrogen) atoms. The lowest BCUT2D eigenvalue weighted by Gasteiger charge is -2.21. The third-order valence-corrected chi connectivity index (χ3v) is 4.25. The van der Waals surface area contributed by atoms with Crippen molar-refractivity contribution in [1.29, 1.82) is 0 Å². The molecular weight excluding hydrogens is 306 g/mol. The number of methoxy groups -OCH3 is 2. The zero-order chi connectivity index (χ0) is 15.0. The fourth-order valence-electron chi connectivity index (χ4n) is 1.10. The molecule has 0 aliphatic rings. The molecule has 0 amide bonds. The van der Waals surface area contributed by atoms with Gasteiger partial charge < -0.3 is 14.4 Å². The fourth-order valence-corrected chi connectivity index (χ4v) is 2.84. The second-order valence-electron chi connectivity index (χ2n) is 3.20. The smallest absolute Gasteiger partial charge is 0.346 e. The maximum absolute atomic E-state index is 11.7. The highest BCUT2D eigenvalue weighted by Crippen LogP contribution is 2.27. The first kappa shape index (κ1) is 18.3. The number of carbonyl (C=O) groups excluding carboxylic acids is 2. The van der Waals surface area contributed by atoms with E-state index in [1.165, 1.54) is 14.2 Å². The molecule has 0 fully saturated rings. The largest absolute Gasteiger partial charge is 0.465 e. The molecule has 0 unspecified atom stereocenters. The average molecular weight is 323 g/mol. The lowest BCUT2D eigenvalue weighted by molar-refractivity contribution is -0.138.